The first-order chi connectivity index (χ1) is 9.55. The Morgan fingerprint density at radius 1 is 1.10 bits per heavy atom. The third-order valence-electron chi connectivity index (χ3n) is 3.51. The SMILES string of the molecule is CCOc1ccccc1OCCN(CC)C(C)(C)CN. The zero-order chi connectivity index (χ0) is 15.0. The Morgan fingerprint density at radius 3 is 2.20 bits per heavy atom. The summed E-state index contributed by atoms with van der Waals surface area (Å²) in [6.45, 7) is 12.1. The number of benzene rings is 1. The molecule has 20 heavy (non-hydrogen) atoms. The van der Waals surface area contributed by atoms with Crippen LogP contribution >= 0.6 is 0 Å². The Bertz CT molecular complexity index is 394. The van der Waals surface area contributed by atoms with Gasteiger partial charge in [0.15, 0.2) is 11.5 Å². The molecule has 0 bridgehead atoms. The van der Waals surface area contributed by atoms with Crippen molar-refractivity contribution in [3.63, 3.8) is 0 Å². The zero-order valence-electron chi connectivity index (χ0n) is 13.2. The van der Waals surface area contributed by atoms with Crippen LogP contribution in [0, 0.1) is 0 Å². The van der Waals surface area contributed by atoms with Gasteiger partial charge in [0.2, 0.25) is 0 Å². The molecule has 0 heterocycles. The van der Waals surface area contributed by atoms with Crippen LogP contribution in [0.25, 0.3) is 0 Å². The number of hydrogen-bond donors (Lipinski definition) is 1. The van der Waals surface area contributed by atoms with E-state index in [1.54, 1.807) is 0 Å². The first-order valence-electron chi connectivity index (χ1n) is 7.35. The summed E-state index contributed by atoms with van der Waals surface area (Å²) in [6, 6.07) is 7.78. The van der Waals surface area contributed by atoms with E-state index in [9.17, 15) is 0 Å². The summed E-state index contributed by atoms with van der Waals surface area (Å²) in [4.78, 5) is 2.33. The lowest BCUT2D eigenvalue weighted by Crippen LogP contribution is -2.50. The fourth-order valence-electron chi connectivity index (χ4n) is 2.13. The standard InChI is InChI=1S/C16H28N2O2/c1-5-18(16(3,4)13-17)11-12-20-15-10-8-7-9-14(15)19-6-2/h7-10H,5-6,11-13,17H2,1-4H3. The molecule has 1 aromatic rings. The smallest absolute Gasteiger partial charge is 0.161 e. The minimum absolute atomic E-state index is 0.00243. The summed E-state index contributed by atoms with van der Waals surface area (Å²) >= 11 is 0. The van der Waals surface area contributed by atoms with E-state index in [1.807, 2.05) is 31.2 Å². The Hall–Kier alpha value is -1.26. The molecule has 1 rings (SSSR count). The summed E-state index contributed by atoms with van der Waals surface area (Å²) in [6.07, 6.45) is 0. The lowest BCUT2D eigenvalue weighted by atomic mass is 10.0. The van der Waals surface area contributed by atoms with Gasteiger partial charge in [-0.2, -0.15) is 0 Å². The topological polar surface area (TPSA) is 47.7 Å². The molecule has 0 aliphatic rings. The molecule has 2 N–H and O–H groups in total. The molecule has 0 radical (unpaired) electrons. The van der Waals surface area contributed by atoms with E-state index in [0.29, 0.717) is 19.8 Å². The maximum Gasteiger partial charge on any atom is 0.161 e. The highest BCUT2D eigenvalue weighted by molar-refractivity contribution is 5.39. The summed E-state index contributed by atoms with van der Waals surface area (Å²) in [5.41, 5.74) is 5.82. The van der Waals surface area contributed by atoms with E-state index in [4.69, 9.17) is 15.2 Å². The Morgan fingerprint density at radius 2 is 1.70 bits per heavy atom. The van der Waals surface area contributed by atoms with Crippen LogP contribution in [0.1, 0.15) is 27.7 Å². The second kappa shape index (κ2) is 8.12. The molecule has 4 nitrogen and oxygen atoms in total. The van der Waals surface area contributed by atoms with Crippen LogP contribution in [0.5, 0.6) is 11.5 Å². The number of para-hydroxylation sites is 2. The molecule has 0 amide bonds. The molecule has 114 valence electrons. The molecule has 4 heteroatoms. The van der Waals surface area contributed by atoms with Gasteiger partial charge < -0.3 is 15.2 Å². The van der Waals surface area contributed by atoms with Crippen LogP contribution in [-0.4, -0.2) is 43.3 Å². The van der Waals surface area contributed by atoms with Gasteiger partial charge in [-0.25, -0.2) is 0 Å². The van der Waals surface area contributed by atoms with Crippen molar-refractivity contribution in [2.75, 3.05) is 32.8 Å². The van der Waals surface area contributed by atoms with Crippen LogP contribution in [-0.2, 0) is 0 Å². The van der Waals surface area contributed by atoms with E-state index >= 15 is 0 Å². The van der Waals surface area contributed by atoms with Crippen LogP contribution in [0.3, 0.4) is 0 Å². The zero-order valence-corrected chi connectivity index (χ0v) is 13.2. The van der Waals surface area contributed by atoms with Gasteiger partial charge in [-0.1, -0.05) is 19.1 Å². The Kier molecular flexibility index (Phi) is 6.82. The van der Waals surface area contributed by atoms with E-state index in [1.165, 1.54) is 0 Å². The molecule has 0 spiro atoms. The average Bonchev–Trinajstić information content (AvgIpc) is 2.45. The first kappa shape index (κ1) is 16.8. The lowest BCUT2D eigenvalue weighted by molar-refractivity contribution is 0.110. The minimum atomic E-state index is -0.00243. The highest BCUT2D eigenvalue weighted by Crippen LogP contribution is 2.26. The second-order valence-corrected chi connectivity index (χ2v) is 5.32. The lowest BCUT2D eigenvalue weighted by Gasteiger charge is -2.36. The molecule has 0 saturated heterocycles. The van der Waals surface area contributed by atoms with Gasteiger partial charge in [-0.15, -0.1) is 0 Å². The molecular formula is C16H28N2O2. The number of nitrogens with two attached hydrogens (primary N) is 1. The maximum absolute atomic E-state index is 5.85. The van der Waals surface area contributed by atoms with E-state index < -0.39 is 0 Å². The monoisotopic (exact) mass is 280 g/mol. The van der Waals surface area contributed by atoms with Gasteiger partial charge in [-0.3, -0.25) is 4.90 Å². The van der Waals surface area contributed by atoms with Crippen molar-refractivity contribution in [2.24, 2.45) is 5.73 Å². The number of hydrogen-bond acceptors (Lipinski definition) is 4. The van der Waals surface area contributed by atoms with Crippen molar-refractivity contribution >= 4 is 0 Å². The molecule has 0 aliphatic carbocycles. The van der Waals surface area contributed by atoms with Gasteiger partial charge >= 0.3 is 0 Å². The van der Waals surface area contributed by atoms with Crippen molar-refractivity contribution in [3.8, 4) is 11.5 Å². The highest BCUT2D eigenvalue weighted by atomic mass is 16.5. The van der Waals surface area contributed by atoms with Crippen molar-refractivity contribution in [1.29, 1.82) is 0 Å². The Labute approximate surface area is 122 Å². The third kappa shape index (κ3) is 4.69. The van der Waals surface area contributed by atoms with Crippen LogP contribution in [0.15, 0.2) is 24.3 Å². The largest absolute Gasteiger partial charge is 0.490 e. The van der Waals surface area contributed by atoms with Gasteiger partial charge in [0.25, 0.3) is 0 Å². The number of rotatable bonds is 9. The summed E-state index contributed by atoms with van der Waals surface area (Å²) in [5, 5.41) is 0. The second-order valence-electron chi connectivity index (χ2n) is 5.32. The van der Waals surface area contributed by atoms with Gasteiger partial charge in [-0.05, 0) is 39.4 Å². The quantitative estimate of drug-likeness (QED) is 0.755. The predicted octanol–water partition coefficient (Wildman–Crippen LogP) is 2.52. The van der Waals surface area contributed by atoms with Crippen LogP contribution in [0.4, 0.5) is 0 Å². The van der Waals surface area contributed by atoms with Crippen molar-refractivity contribution < 1.29 is 9.47 Å². The summed E-state index contributed by atoms with van der Waals surface area (Å²) < 4.78 is 11.4. The van der Waals surface area contributed by atoms with Crippen molar-refractivity contribution in [1.82, 2.24) is 4.90 Å². The van der Waals surface area contributed by atoms with Gasteiger partial charge in [0.05, 0.1) is 6.61 Å². The van der Waals surface area contributed by atoms with Crippen molar-refractivity contribution in [3.05, 3.63) is 24.3 Å². The van der Waals surface area contributed by atoms with Crippen LogP contribution in [0.2, 0.25) is 0 Å². The van der Waals surface area contributed by atoms with E-state index in [-0.39, 0.29) is 5.54 Å². The van der Waals surface area contributed by atoms with Crippen LogP contribution < -0.4 is 15.2 Å². The molecule has 0 unspecified atom stereocenters. The van der Waals surface area contributed by atoms with Gasteiger partial charge in [0.1, 0.15) is 6.61 Å². The Balaban J connectivity index is 2.55. The van der Waals surface area contributed by atoms with E-state index in [0.717, 1.165) is 24.6 Å². The predicted molar refractivity (Wildman–Crippen MR) is 83.5 cm³/mol. The maximum atomic E-state index is 5.85. The molecule has 0 saturated carbocycles. The summed E-state index contributed by atoms with van der Waals surface area (Å²) in [7, 11) is 0. The molecule has 1 aromatic carbocycles. The highest BCUT2D eigenvalue weighted by Gasteiger charge is 2.23. The average molecular weight is 280 g/mol. The molecule has 0 fully saturated rings. The van der Waals surface area contributed by atoms with E-state index in [2.05, 4.69) is 25.7 Å². The number of ether oxygens (including phenoxy) is 2. The first-order valence-corrected chi connectivity index (χ1v) is 7.35. The molecule has 0 atom stereocenters. The van der Waals surface area contributed by atoms with Gasteiger partial charge in [0, 0.05) is 18.6 Å². The fourth-order valence-corrected chi connectivity index (χ4v) is 2.13. The molecule has 0 aromatic heterocycles. The normalized spacial score (nSPS) is 11.7. The fraction of sp³-hybridized carbons (Fsp3) is 0.625. The van der Waals surface area contributed by atoms with Crippen molar-refractivity contribution in [2.45, 2.75) is 33.2 Å². The number of nitrogens with zero attached hydrogens (tertiary/aromatic N) is 1. The number of likely N-dealkylation sites (N-methyl/N-ethyl adjacent to an activating group) is 1. The minimum Gasteiger partial charge on any atom is -0.490 e. The third-order valence-corrected chi connectivity index (χ3v) is 3.51. The molecule has 0 aliphatic heterocycles. The molecular weight excluding hydrogens is 252 g/mol. The summed E-state index contributed by atoms with van der Waals surface area (Å²) in [5.74, 6) is 1.60.